The van der Waals surface area contributed by atoms with Gasteiger partial charge in [0.25, 0.3) is 0 Å². The Morgan fingerprint density at radius 1 is 1.35 bits per heavy atom. The van der Waals surface area contributed by atoms with Crippen molar-refractivity contribution in [1.82, 2.24) is 0 Å². The van der Waals surface area contributed by atoms with Gasteiger partial charge in [0.1, 0.15) is 5.75 Å². The molecule has 0 spiro atoms. The number of alkyl halides is 3. The van der Waals surface area contributed by atoms with Crippen molar-refractivity contribution in [3.05, 3.63) is 29.8 Å². The Morgan fingerprint density at radius 3 is 2.47 bits per heavy atom. The van der Waals surface area contributed by atoms with Crippen molar-refractivity contribution in [2.75, 3.05) is 0 Å². The highest BCUT2D eigenvalue weighted by atomic mass is 19.4. The average Bonchev–Trinajstić information content (AvgIpc) is 2.14. The first-order chi connectivity index (χ1) is 7.79. The van der Waals surface area contributed by atoms with E-state index in [1.54, 1.807) is 0 Å². The molecule has 0 atom stereocenters. The Bertz CT molecular complexity index is 450. The van der Waals surface area contributed by atoms with E-state index in [0.29, 0.717) is 0 Å². The summed E-state index contributed by atoms with van der Waals surface area (Å²) < 4.78 is 40.1. The number of hydrogen-bond acceptors (Lipinski definition) is 2. The molecule has 1 aromatic rings. The van der Waals surface area contributed by atoms with Crippen LogP contribution in [-0.4, -0.2) is 18.0 Å². The van der Waals surface area contributed by atoms with Gasteiger partial charge in [0.15, 0.2) is 5.84 Å². The number of nitrogens with one attached hydrogen (secondary N) is 1. The second kappa shape index (κ2) is 4.86. The van der Waals surface area contributed by atoms with Crippen LogP contribution in [0, 0.1) is 5.41 Å². The molecule has 92 valence electrons. The molecular weight excluding hydrogens is 235 g/mol. The van der Waals surface area contributed by atoms with Crippen molar-refractivity contribution in [2.24, 2.45) is 10.7 Å². The van der Waals surface area contributed by atoms with Crippen LogP contribution in [0.25, 0.3) is 0 Å². The first-order valence-corrected chi connectivity index (χ1v) is 4.54. The van der Waals surface area contributed by atoms with Crippen LogP contribution in [-0.2, 0) is 0 Å². The zero-order valence-electron chi connectivity index (χ0n) is 8.88. The summed E-state index contributed by atoms with van der Waals surface area (Å²) in [5, 5.41) is 7.49. The number of ether oxygens (including phenoxy) is 1. The lowest BCUT2D eigenvalue weighted by atomic mass is 10.2. The third-order valence-electron chi connectivity index (χ3n) is 1.66. The van der Waals surface area contributed by atoms with Crippen LogP contribution in [0.15, 0.2) is 29.3 Å². The normalized spacial score (nSPS) is 12.4. The van der Waals surface area contributed by atoms with E-state index in [4.69, 9.17) is 11.1 Å². The lowest BCUT2D eigenvalue weighted by molar-refractivity contribution is -0.274. The van der Waals surface area contributed by atoms with Gasteiger partial charge >= 0.3 is 6.36 Å². The Hall–Kier alpha value is -2.05. The number of nitrogens with two attached hydrogens (primary N) is 1. The lowest BCUT2D eigenvalue weighted by Gasteiger charge is -2.12. The second-order valence-corrected chi connectivity index (χ2v) is 3.15. The van der Waals surface area contributed by atoms with E-state index in [1.165, 1.54) is 25.1 Å². The van der Waals surface area contributed by atoms with Crippen LogP contribution in [0.1, 0.15) is 12.5 Å². The topological polar surface area (TPSA) is 71.5 Å². The van der Waals surface area contributed by atoms with Gasteiger partial charge in [0.05, 0.1) is 11.4 Å². The zero-order chi connectivity index (χ0) is 13.1. The van der Waals surface area contributed by atoms with Crippen molar-refractivity contribution in [1.29, 1.82) is 5.41 Å². The molecule has 7 heteroatoms. The maximum absolute atomic E-state index is 12.1. The molecule has 0 bridgehead atoms. The molecule has 0 saturated heterocycles. The molecule has 0 aromatic heterocycles. The molecule has 0 unspecified atom stereocenters. The molecule has 4 nitrogen and oxygen atoms in total. The number of aliphatic imine (C=N–C) groups is 1. The summed E-state index contributed by atoms with van der Waals surface area (Å²) in [6.45, 7) is 1.43. The minimum Gasteiger partial charge on any atom is -0.405 e. The summed E-state index contributed by atoms with van der Waals surface area (Å²) in [5.41, 5.74) is 5.18. The highest BCUT2D eigenvalue weighted by Crippen LogP contribution is 2.26. The van der Waals surface area contributed by atoms with Gasteiger partial charge in [0, 0.05) is 0 Å². The van der Waals surface area contributed by atoms with E-state index >= 15 is 0 Å². The number of nitrogens with zero attached hydrogens (tertiary/aromatic N) is 1. The zero-order valence-corrected chi connectivity index (χ0v) is 8.88. The maximum atomic E-state index is 12.1. The molecular formula is C10H10F3N3O. The number of rotatable bonds is 2. The van der Waals surface area contributed by atoms with Crippen LogP contribution >= 0.6 is 0 Å². The summed E-state index contributed by atoms with van der Waals surface area (Å²) in [7, 11) is 0. The van der Waals surface area contributed by atoms with E-state index in [0.717, 1.165) is 6.07 Å². The molecule has 0 aliphatic rings. The number of amidine groups is 2. The van der Waals surface area contributed by atoms with Crippen molar-refractivity contribution < 1.29 is 17.9 Å². The smallest absolute Gasteiger partial charge is 0.405 e. The Kier molecular flexibility index (Phi) is 3.72. The van der Waals surface area contributed by atoms with E-state index in [9.17, 15) is 13.2 Å². The Morgan fingerprint density at radius 2 is 1.94 bits per heavy atom. The Labute approximate surface area is 95.4 Å². The lowest BCUT2D eigenvalue weighted by Crippen LogP contribution is -2.19. The fraction of sp³-hybridized carbons (Fsp3) is 0.200. The third kappa shape index (κ3) is 4.13. The summed E-state index contributed by atoms with van der Waals surface area (Å²) in [5.74, 6) is -0.781. The number of benzene rings is 1. The van der Waals surface area contributed by atoms with Crippen molar-refractivity contribution >= 4 is 11.7 Å². The van der Waals surface area contributed by atoms with Crippen molar-refractivity contribution in [2.45, 2.75) is 13.3 Å². The maximum Gasteiger partial charge on any atom is 0.573 e. The quantitative estimate of drug-likeness (QED) is 0.619. The molecule has 3 N–H and O–H groups in total. The summed E-state index contributed by atoms with van der Waals surface area (Å²) in [6, 6.07) is 5.26. The van der Waals surface area contributed by atoms with E-state index in [2.05, 4.69) is 9.73 Å². The fourth-order valence-corrected chi connectivity index (χ4v) is 1.11. The molecule has 0 heterocycles. The van der Waals surface area contributed by atoms with Crippen LogP contribution in [0.2, 0.25) is 0 Å². The third-order valence-corrected chi connectivity index (χ3v) is 1.66. The van der Waals surface area contributed by atoms with Crippen LogP contribution in [0.3, 0.4) is 0 Å². The van der Waals surface area contributed by atoms with Crippen LogP contribution < -0.4 is 10.5 Å². The first-order valence-electron chi connectivity index (χ1n) is 4.54. The largest absolute Gasteiger partial charge is 0.573 e. The molecule has 1 aromatic carbocycles. The monoisotopic (exact) mass is 245 g/mol. The van der Waals surface area contributed by atoms with Crippen molar-refractivity contribution in [3.8, 4) is 5.75 Å². The van der Waals surface area contributed by atoms with Gasteiger partial charge in [-0.3, -0.25) is 5.41 Å². The summed E-state index contributed by atoms with van der Waals surface area (Å²) in [4.78, 5) is 3.57. The minimum absolute atomic E-state index is 0.0744. The fourth-order valence-electron chi connectivity index (χ4n) is 1.11. The second-order valence-electron chi connectivity index (χ2n) is 3.15. The molecule has 17 heavy (non-hydrogen) atoms. The van der Waals surface area contributed by atoms with E-state index in [1.807, 2.05) is 0 Å². The molecule has 0 saturated carbocycles. The van der Waals surface area contributed by atoms with Gasteiger partial charge in [-0.15, -0.1) is 13.2 Å². The predicted octanol–water partition coefficient (Wildman–Crippen LogP) is 2.29. The molecule has 1 rings (SSSR count). The average molecular weight is 245 g/mol. The molecule has 0 aliphatic carbocycles. The number of para-hydroxylation sites is 1. The van der Waals surface area contributed by atoms with Gasteiger partial charge in [-0.05, 0) is 19.1 Å². The minimum atomic E-state index is -4.81. The first kappa shape index (κ1) is 13.0. The number of halogens is 3. The SMILES string of the molecule is CC(N)=NC(=N)c1ccccc1OC(F)(F)F. The van der Waals surface area contributed by atoms with Gasteiger partial charge in [-0.25, -0.2) is 4.99 Å². The number of hydrogen-bond donors (Lipinski definition) is 2. The van der Waals surface area contributed by atoms with Crippen LogP contribution in [0.5, 0.6) is 5.75 Å². The van der Waals surface area contributed by atoms with Gasteiger partial charge in [-0.2, -0.15) is 0 Å². The summed E-state index contributed by atoms with van der Waals surface area (Å²) >= 11 is 0. The molecule has 0 fully saturated rings. The molecule has 0 aliphatic heterocycles. The van der Waals surface area contributed by atoms with Gasteiger partial charge < -0.3 is 10.5 Å². The molecule has 0 amide bonds. The van der Waals surface area contributed by atoms with Gasteiger partial charge in [-0.1, -0.05) is 12.1 Å². The van der Waals surface area contributed by atoms with Crippen LogP contribution in [0.4, 0.5) is 13.2 Å². The van der Waals surface area contributed by atoms with Crippen molar-refractivity contribution in [3.63, 3.8) is 0 Å². The molecule has 0 radical (unpaired) electrons. The highest BCUT2D eigenvalue weighted by Gasteiger charge is 2.32. The Balaban J connectivity index is 3.08. The van der Waals surface area contributed by atoms with E-state index < -0.39 is 12.1 Å². The highest BCUT2D eigenvalue weighted by molar-refractivity contribution is 6.05. The standard InChI is InChI=1S/C10H10F3N3O/c1-6(14)16-9(15)7-4-2-3-5-8(7)17-10(11,12)13/h2-5H,1H3,(H3,14,15,16). The van der Waals surface area contributed by atoms with Gasteiger partial charge in [0.2, 0.25) is 0 Å². The van der Waals surface area contributed by atoms with E-state index in [-0.39, 0.29) is 17.2 Å². The summed E-state index contributed by atoms with van der Waals surface area (Å²) in [6.07, 6.45) is -4.81. The predicted molar refractivity (Wildman–Crippen MR) is 57.3 cm³/mol.